The predicted molar refractivity (Wildman–Crippen MR) is 124 cm³/mol. The molecule has 2 nitrogen and oxygen atoms in total. The number of ether oxygens (including phenoxy) is 2. The van der Waals surface area contributed by atoms with E-state index in [2.05, 4.69) is 9.47 Å². The first-order valence-corrected chi connectivity index (χ1v) is 10.2. The van der Waals surface area contributed by atoms with Crippen LogP contribution in [-0.4, -0.2) is 53.1 Å². The molecule has 0 heterocycles. The van der Waals surface area contributed by atoms with Gasteiger partial charge < -0.3 is 9.47 Å². The summed E-state index contributed by atoms with van der Waals surface area (Å²) in [6.45, 7) is 0.208. The fraction of sp³-hybridized carbons (Fsp3) is 0.520. The van der Waals surface area contributed by atoms with Gasteiger partial charge in [0.2, 0.25) is 5.41 Å². The Morgan fingerprint density at radius 2 is 0.641 bits per heavy atom. The quantitative estimate of drug-likeness (QED) is 0.324. The number of hydrogen-bond acceptors (Lipinski definition) is 2. The van der Waals surface area contributed by atoms with Crippen molar-refractivity contribution in [1.82, 2.24) is 0 Å². The molecule has 2 aromatic rings. The zero-order chi connectivity index (χ0) is 30.6. The third kappa shape index (κ3) is 10.5. The summed E-state index contributed by atoms with van der Waals surface area (Å²) in [6, 6.07) is 10.7. The molecule has 2 rings (SSSR count). The van der Waals surface area contributed by atoms with Crippen molar-refractivity contribution in [3.05, 3.63) is 71.8 Å². The lowest BCUT2D eigenvalue weighted by Crippen LogP contribution is -2.54. The molecule has 0 aliphatic rings. The molecule has 0 unspecified atom stereocenters. The second-order valence-corrected chi connectivity index (χ2v) is 7.91. The van der Waals surface area contributed by atoms with Crippen LogP contribution in [0.25, 0.3) is 0 Å². The van der Waals surface area contributed by atoms with Crippen molar-refractivity contribution in [3.8, 4) is 0 Å². The fourth-order valence-electron chi connectivity index (χ4n) is 2.52. The van der Waals surface area contributed by atoms with E-state index in [0.29, 0.717) is 0 Å². The molecule has 0 spiro atoms. The van der Waals surface area contributed by atoms with Gasteiger partial charge in [-0.3, -0.25) is 0 Å². The van der Waals surface area contributed by atoms with Gasteiger partial charge in [-0.2, -0.15) is 52.7 Å². The van der Waals surface area contributed by atoms with Crippen LogP contribution >= 0.6 is 0 Å². The van der Waals surface area contributed by atoms with Gasteiger partial charge in [-0.25, -0.2) is 0 Å². The minimum absolute atomic E-state index is 0. The van der Waals surface area contributed by atoms with Crippen LogP contribution in [0.15, 0.2) is 60.7 Å². The van der Waals surface area contributed by atoms with E-state index in [-0.39, 0.29) is 21.3 Å². The van der Waals surface area contributed by atoms with E-state index in [9.17, 15) is 52.7 Å². The van der Waals surface area contributed by atoms with Gasteiger partial charge in [0, 0.05) is 28.4 Å². The van der Waals surface area contributed by atoms with Gasteiger partial charge in [0.1, 0.15) is 0 Å². The molecule has 0 atom stereocenters. The van der Waals surface area contributed by atoms with Crippen LogP contribution < -0.4 is 0 Å². The summed E-state index contributed by atoms with van der Waals surface area (Å²) in [4.78, 5) is 0. The summed E-state index contributed by atoms with van der Waals surface area (Å²) >= 11 is 0. The standard InChI is InChI=1S/C15H10F6.C5H6F6.2C2H6O.CH4/c16-14(17,18)13(15(19,20)21,11-7-3-1-4-8-11)12-9-5-2-6-10-12;1-3(2,4(6,7)8)5(9,10)11;2*1-3-2;/h1-10H;1-2H3;2*1-2H3;1H4. The van der Waals surface area contributed by atoms with E-state index in [4.69, 9.17) is 0 Å². The summed E-state index contributed by atoms with van der Waals surface area (Å²) < 4.78 is 159. The molecule has 0 bridgehead atoms. The van der Waals surface area contributed by atoms with Crippen LogP contribution in [0.2, 0.25) is 0 Å². The SMILES string of the molecule is C.CC(C)(C(F)(F)F)C(F)(F)F.COC.COC.FC(F)(F)C(c1ccccc1)(c1ccccc1)C(F)(F)F. The molecule has 0 saturated heterocycles. The second kappa shape index (κ2) is 15.9. The van der Waals surface area contributed by atoms with Crippen LogP contribution in [0.3, 0.4) is 0 Å². The molecule has 0 aliphatic carbocycles. The largest absolute Gasteiger partial charge is 0.411 e. The summed E-state index contributed by atoms with van der Waals surface area (Å²) in [7, 11) is 6.50. The van der Waals surface area contributed by atoms with Gasteiger partial charge >= 0.3 is 24.7 Å². The number of halogens is 12. The topological polar surface area (TPSA) is 18.5 Å². The first-order chi connectivity index (χ1) is 17.0. The lowest BCUT2D eigenvalue weighted by Gasteiger charge is -2.38. The Labute approximate surface area is 219 Å². The Bertz CT molecular complexity index is 812. The molecule has 0 N–H and O–H groups in total. The Morgan fingerprint density at radius 1 is 0.436 bits per heavy atom. The van der Waals surface area contributed by atoms with Crippen LogP contribution in [0.5, 0.6) is 0 Å². The Morgan fingerprint density at radius 3 is 0.769 bits per heavy atom. The average Bonchev–Trinajstić information content (AvgIpc) is 2.74. The van der Waals surface area contributed by atoms with Gasteiger partial charge in [-0.1, -0.05) is 68.1 Å². The number of benzene rings is 2. The fourth-order valence-corrected chi connectivity index (χ4v) is 2.52. The van der Waals surface area contributed by atoms with Crippen molar-refractivity contribution in [2.75, 3.05) is 28.4 Å². The van der Waals surface area contributed by atoms with E-state index >= 15 is 0 Å². The highest BCUT2D eigenvalue weighted by Gasteiger charge is 2.72. The molecule has 0 amide bonds. The highest BCUT2D eigenvalue weighted by molar-refractivity contribution is 5.43. The smallest absolute Gasteiger partial charge is 0.388 e. The van der Waals surface area contributed by atoms with Crippen molar-refractivity contribution in [1.29, 1.82) is 0 Å². The minimum atomic E-state index is -5.52. The molecule has 39 heavy (non-hydrogen) atoms. The maximum absolute atomic E-state index is 13.5. The molecule has 14 heteroatoms. The van der Waals surface area contributed by atoms with Crippen LogP contribution in [0, 0.1) is 5.41 Å². The third-order valence-electron chi connectivity index (χ3n) is 4.68. The minimum Gasteiger partial charge on any atom is -0.388 e. The molecule has 0 aromatic heterocycles. The Balaban J connectivity index is -0.000000609. The monoisotopic (exact) mass is 592 g/mol. The summed E-state index contributed by atoms with van der Waals surface area (Å²) in [5.41, 5.74) is -9.37. The lowest BCUT2D eigenvalue weighted by atomic mass is 9.73. The predicted octanol–water partition coefficient (Wildman–Crippen LogP) is 9.40. The van der Waals surface area contributed by atoms with Crippen molar-refractivity contribution in [2.24, 2.45) is 5.41 Å². The molecule has 0 fully saturated rings. The molecule has 0 aliphatic heterocycles. The number of methoxy groups -OCH3 is 2. The van der Waals surface area contributed by atoms with Crippen molar-refractivity contribution < 1.29 is 62.2 Å². The third-order valence-corrected chi connectivity index (χ3v) is 4.68. The lowest BCUT2D eigenvalue weighted by molar-refractivity contribution is -0.327. The van der Waals surface area contributed by atoms with E-state index in [1.165, 1.54) is 12.1 Å². The zero-order valence-electron chi connectivity index (χ0n) is 21.1. The highest BCUT2D eigenvalue weighted by Crippen LogP contribution is 2.56. The Hall–Kier alpha value is -2.48. The van der Waals surface area contributed by atoms with E-state index < -0.39 is 46.7 Å². The zero-order valence-corrected chi connectivity index (χ0v) is 21.1. The number of hydrogen-bond donors (Lipinski definition) is 0. The van der Waals surface area contributed by atoms with Crippen molar-refractivity contribution in [2.45, 2.75) is 51.4 Å². The second-order valence-electron chi connectivity index (χ2n) is 7.91. The van der Waals surface area contributed by atoms with Crippen LogP contribution in [-0.2, 0) is 14.9 Å². The summed E-state index contributed by atoms with van der Waals surface area (Å²) in [6.07, 6.45) is -21.5. The van der Waals surface area contributed by atoms with E-state index in [1.54, 1.807) is 28.4 Å². The molecular formula is C25H32F12O2. The van der Waals surface area contributed by atoms with Crippen LogP contribution in [0.4, 0.5) is 52.7 Å². The maximum Gasteiger partial charge on any atom is 0.411 e. The number of alkyl halides is 12. The normalized spacial score (nSPS) is 12.4. The number of rotatable bonds is 2. The Kier molecular flexibility index (Phi) is 16.8. The molecule has 0 saturated carbocycles. The van der Waals surface area contributed by atoms with E-state index in [0.717, 1.165) is 48.5 Å². The van der Waals surface area contributed by atoms with E-state index in [1.807, 2.05) is 0 Å². The van der Waals surface area contributed by atoms with Gasteiger partial charge in [-0.05, 0) is 25.0 Å². The van der Waals surface area contributed by atoms with Crippen molar-refractivity contribution >= 4 is 0 Å². The average molecular weight is 593 g/mol. The van der Waals surface area contributed by atoms with Gasteiger partial charge in [0.15, 0.2) is 5.41 Å². The van der Waals surface area contributed by atoms with Gasteiger partial charge in [-0.15, -0.1) is 0 Å². The van der Waals surface area contributed by atoms with Crippen LogP contribution in [0.1, 0.15) is 32.4 Å². The summed E-state index contributed by atoms with van der Waals surface area (Å²) in [5.74, 6) is 0. The molecule has 228 valence electrons. The van der Waals surface area contributed by atoms with Crippen molar-refractivity contribution in [3.63, 3.8) is 0 Å². The highest BCUT2D eigenvalue weighted by atomic mass is 19.4. The molecule has 0 radical (unpaired) electrons. The molecule has 2 aromatic carbocycles. The first-order valence-electron chi connectivity index (χ1n) is 10.2. The maximum atomic E-state index is 13.5. The van der Waals surface area contributed by atoms with Gasteiger partial charge in [0.25, 0.3) is 0 Å². The van der Waals surface area contributed by atoms with Gasteiger partial charge in [0.05, 0.1) is 0 Å². The summed E-state index contributed by atoms with van der Waals surface area (Å²) in [5, 5.41) is 0. The molecular weight excluding hydrogens is 560 g/mol. The first kappa shape index (κ1) is 41.0.